The minimum Gasteiger partial charge on any atom is -0.474 e. The van der Waals surface area contributed by atoms with Crippen molar-refractivity contribution in [2.24, 2.45) is 9.98 Å². The number of fused-ring (bicyclic) bond motifs is 2. The summed E-state index contributed by atoms with van der Waals surface area (Å²) in [6, 6.07) is 35.1. The molecule has 0 spiro atoms. The average molecular weight is 470 g/mol. The van der Waals surface area contributed by atoms with E-state index in [1.165, 1.54) is 32.7 Å². The third-order valence-corrected chi connectivity index (χ3v) is 6.85. The van der Waals surface area contributed by atoms with Crippen LogP contribution in [0.3, 0.4) is 0 Å². The molecule has 1 aromatic heterocycles. The van der Waals surface area contributed by atoms with Gasteiger partial charge in [0.05, 0.1) is 0 Å². The Balaban J connectivity index is 1.18. The van der Waals surface area contributed by atoms with Crippen LogP contribution < -0.4 is 0 Å². The summed E-state index contributed by atoms with van der Waals surface area (Å²) >= 11 is 0. The lowest BCUT2D eigenvalue weighted by Gasteiger charge is -2.09. The Bertz CT molecular complexity index is 1540. The Labute approximate surface area is 208 Å². The number of hydrogen-bond acceptors (Lipinski definition) is 5. The quantitative estimate of drug-likeness (QED) is 0.305. The largest absolute Gasteiger partial charge is 0.474 e. The molecular formula is C31H23N3O2. The molecule has 2 aliphatic heterocycles. The smallest absolute Gasteiger partial charge is 0.236 e. The first-order valence-electron chi connectivity index (χ1n) is 12.2. The topological polar surface area (TPSA) is 56.1 Å². The van der Waals surface area contributed by atoms with Crippen LogP contribution in [0.1, 0.15) is 34.6 Å². The molecule has 3 heterocycles. The van der Waals surface area contributed by atoms with Gasteiger partial charge in [0, 0.05) is 0 Å². The van der Waals surface area contributed by atoms with Gasteiger partial charge in [0.1, 0.15) is 36.7 Å². The SMILES string of the molecule is c1cc(C2=N[C@H](c3cccc4ccccc34)CO2)nc(C2=N[C@H](c3cccc4ccccc34)CO2)c1. The van der Waals surface area contributed by atoms with E-state index in [9.17, 15) is 0 Å². The molecule has 0 amide bonds. The fourth-order valence-electron chi connectivity index (χ4n) is 5.10. The number of pyridine rings is 1. The van der Waals surface area contributed by atoms with Gasteiger partial charge in [-0.25, -0.2) is 15.0 Å². The maximum atomic E-state index is 6.02. The van der Waals surface area contributed by atoms with Crippen LogP contribution in [-0.2, 0) is 9.47 Å². The number of rotatable bonds is 4. The molecule has 0 unspecified atom stereocenters. The molecule has 2 atom stereocenters. The van der Waals surface area contributed by atoms with Crippen LogP contribution in [0, 0.1) is 0 Å². The number of aliphatic imine (C=N–C) groups is 2. The zero-order chi connectivity index (χ0) is 23.9. The Hall–Kier alpha value is -4.51. The standard InChI is InChI=1S/C31H23N3O2/c1-3-12-22-20(8-1)10-5-14-24(22)28-18-35-30(33-28)26-16-7-17-27(32-26)31-34-29(19-36-31)25-15-6-11-21-9-2-4-13-23(21)25/h1-17,28-29H,18-19H2/t28-,29-/m0/s1. The first-order chi connectivity index (χ1) is 17.8. The first kappa shape index (κ1) is 20.8. The van der Waals surface area contributed by atoms with Gasteiger partial charge in [-0.3, -0.25) is 0 Å². The van der Waals surface area contributed by atoms with Crippen LogP contribution in [0.15, 0.2) is 113 Å². The van der Waals surface area contributed by atoms with Crippen LogP contribution in [0.5, 0.6) is 0 Å². The van der Waals surface area contributed by atoms with Gasteiger partial charge in [0.25, 0.3) is 0 Å². The number of aromatic nitrogens is 1. The number of ether oxygens (including phenoxy) is 2. The molecule has 0 aliphatic carbocycles. The molecule has 2 aliphatic rings. The molecular weight excluding hydrogens is 446 g/mol. The number of benzene rings is 4. The molecule has 0 fully saturated rings. The second-order valence-corrected chi connectivity index (χ2v) is 9.07. The zero-order valence-corrected chi connectivity index (χ0v) is 19.5. The van der Waals surface area contributed by atoms with Crippen LogP contribution in [0.2, 0.25) is 0 Å². The van der Waals surface area contributed by atoms with Crippen molar-refractivity contribution in [3.8, 4) is 0 Å². The summed E-state index contributed by atoms with van der Waals surface area (Å²) in [5.41, 5.74) is 3.71. The van der Waals surface area contributed by atoms with Crippen LogP contribution in [0.4, 0.5) is 0 Å². The highest BCUT2D eigenvalue weighted by Gasteiger charge is 2.27. The van der Waals surface area contributed by atoms with Crippen molar-refractivity contribution in [3.63, 3.8) is 0 Å². The van der Waals surface area contributed by atoms with Crippen LogP contribution in [0.25, 0.3) is 21.5 Å². The second-order valence-electron chi connectivity index (χ2n) is 9.07. The molecule has 0 radical (unpaired) electrons. The number of hydrogen-bond donors (Lipinski definition) is 0. The minimum absolute atomic E-state index is 0.0626. The lowest BCUT2D eigenvalue weighted by Crippen LogP contribution is -2.09. The molecule has 174 valence electrons. The third kappa shape index (κ3) is 3.60. The molecule has 0 bridgehead atoms. The van der Waals surface area contributed by atoms with Gasteiger partial charge >= 0.3 is 0 Å². The van der Waals surface area contributed by atoms with Gasteiger partial charge in [-0.2, -0.15) is 0 Å². The summed E-state index contributed by atoms with van der Waals surface area (Å²) in [7, 11) is 0. The minimum atomic E-state index is -0.0626. The summed E-state index contributed by atoms with van der Waals surface area (Å²) in [5, 5.41) is 4.81. The van der Waals surface area contributed by atoms with Gasteiger partial charge in [-0.05, 0) is 44.8 Å². The van der Waals surface area contributed by atoms with Crippen molar-refractivity contribution < 1.29 is 9.47 Å². The summed E-state index contributed by atoms with van der Waals surface area (Å²) in [5.74, 6) is 1.11. The van der Waals surface area contributed by atoms with Gasteiger partial charge in [0.15, 0.2) is 0 Å². The Morgan fingerprint density at radius 2 is 0.944 bits per heavy atom. The number of nitrogens with zero attached hydrogens (tertiary/aromatic N) is 3. The van der Waals surface area contributed by atoms with Gasteiger partial charge < -0.3 is 9.47 Å². The summed E-state index contributed by atoms with van der Waals surface area (Å²) < 4.78 is 12.0. The zero-order valence-electron chi connectivity index (χ0n) is 19.5. The van der Waals surface area contributed by atoms with Crippen LogP contribution in [-0.4, -0.2) is 30.0 Å². The van der Waals surface area contributed by atoms with Crippen molar-refractivity contribution in [2.45, 2.75) is 12.1 Å². The maximum absolute atomic E-state index is 6.02. The molecule has 7 rings (SSSR count). The van der Waals surface area contributed by atoms with Crippen LogP contribution >= 0.6 is 0 Å². The van der Waals surface area contributed by atoms with E-state index in [1.54, 1.807) is 0 Å². The Morgan fingerprint density at radius 1 is 0.500 bits per heavy atom. The van der Waals surface area contributed by atoms with Crippen molar-refractivity contribution >= 4 is 33.3 Å². The summed E-state index contributed by atoms with van der Waals surface area (Å²) in [4.78, 5) is 14.6. The normalized spacial score (nSPS) is 19.1. The molecule has 4 aromatic carbocycles. The van der Waals surface area contributed by atoms with E-state index in [4.69, 9.17) is 24.4 Å². The van der Waals surface area contributed by atoms with E-state index in [1.807, 2.05) is 18.2 Å². The summed E-state index contributed by atoms with van der Waals surface area (Å²) in [6.45, 7) is 0.992. The van der Waals surface area contributed by atoms with E-state index >= 15 is 0 Å². The van der Waals surface area contributed by atoms with E-state index in [-0.39, 0.29) is 12.1 Å². The molecule has 0 saturated heterocycles. The van der Waals surface area contributed by atoms with E-state index < -0.39 is 0 Å². The van der Waals surface area contributed by atoms with Crippen molar-refractivity contribution in [1.29, 1.82) is 0 Å². The van der Waals surface area contributed by atoms with E-state index in [2.05, 4.69) is 84.9 Å². The van der Waals surface area contributed by atoms with Crippen molar-refractivity contribution in [1.82, 2.24) is 4.98 Å². The van der Waals surface area contributed by atoms with Crippen molar-refractivity contribution in [2.75, 3.05) is 13.2 Å². The fourth-order valence-corrected chi connectivity index (χ4v) is 5.10. The van der Waals surface area contributed by atoms with Gasteiger partial charge in [-0.15, -0.1) is 0 Å². The van der Waals surface area contributed by atoms with Gasteiger partial charge in [0.2, 0.25) is 11.8 Å². The monoisotopic (exact) mass is 469 g/mol. The molecule has 5 aromatic rings. The van der Waals surface area contributed by atoms with Crippen molar-refractivity contribution in [3.05, 3.63) is 126 Å². The Kier molecular flexibility index (Phi) is 4.98. The highest BCUT2D eigenvalue weighted by molar-refractivity contribution is 5.98. The van der Waals surface area contributed by atoms with Gasteiger partial charge in [-0.1, -0.05) is 91.0 Å². The molecule has 0 saturated carbocycles. The summed E-state index contributed by atoms with van der Waals surface area (Å²) in [6.07, 6.45) is 0. The lowest BCUT2D eigenvalue weighted by molar-refractivity contribution is 0.318. The average Bonchev–Trinajstić information content (AvgIpc) is 3.63. The molecule has 5 nitrogen and oxygen atoms in total. The predicted octanol–water partition coefficient (Wildman–Crippen LogP) is 6.42. The first-order valence-corrected chi connectivity index (χ1v) is 12.2. The molecule has 5 heteroatoms. The predicted molar refractivity (Wildman–Crippen MR) is 143 cm³/mol. The Morgan fingerprint density at radius 3 is 1.47 bits per heavy atom. The third-order valence-electron chi connectivity index (χ3n) is 6.85. The second kappa shape index (κ2) is 8.61. The maximum Gasteiger partial charge on any atom is 0.236 e. The fraction of sp³-hybridized carbons (Fsp3) is 0.129. The highest BCUT2D eigenvalue weighted by atomic mass is 16.5. The lowest BCUT2D eigenvalue weighted by atomic mass is 10.00. The van der Waals surface area contributed by atoms with E-state index in [0.717, 1.165) is 0 Å². The highest BCUT2D eigenvalue weighted by Crippen LogP contribution is 2.32. The molecule has 0 N–H and O–H groups in total. The molecule has 36 heavy (non-hydrogen) atoms. The van der Waals surface area contributed by atoms with E-state index in [0.29, 0.717) is 36.4 Å².